The van der Waals surface area contributed by atoms with Gasteiger partial charge in [-0.25, -0.2) is 0 Å². The first-order valence-corrected chi connectivity index (χ1v) is 8.52. The Bertz CT molecular complexity index is 850. The highest BCUT2D eigenvalue weighted by Gasteiger charge is 2.10. The molecule has 1 N–H and O–H groups in total. The number of halogens is 1. The quantitative estimate of drug-likeness (QED) is 0.418. The van der Waals surface area contributed by atoms with E-state index < -0.39 is 4.92 Å². The molecule has 142 valence electrons. The molecule has 0 aromatic heterocycles. The van der Waals surface area contributed by atoms with Crippen molar-refractivity contribution in [2.45, 2.75) is 13.5 Å². The van der Waals surface area contributed by atoms with Crippen molar-refractivity contribution in [1.29, 1.82) is 0 Å². The van der Waals surface area contributed by atoms with Crippen molar-refractivity contribution in [2.75, 3.05) is 13.7 Å². The van der Waals surface area contributed by atoms with Crippen molar-refractivity contribution in [1.82, 2.24) is 5.32 Å². The molecule has 0 heterocycles. The molecule has 8 heteroatoms. The van der Waals surface area contributed by atoms with E-state index in [0.29, 0.717) is 28.7 Å². The Kier molecular flexibility index (Phi) is 7.19. The molecule has 2 aromatic rings. The fourth-order valence-electron chi connectivity index (χ4n) is 2.30. The summed E-state index contributed by atoms with van der Waals surface area (Å²) in [5, 5.41) is 13.7. The van der Waals surface area contributed by atoms with E-state index in [1.807, 2.05) is 6.92 Å². The summed E-state index contributed by atoms with van der Waals surface area (Å²) in [5.41, 5.74) is 1.45. The SMILES string of the molecule is CCOc1cc(/C=C/C(=O)NCc2ccc([N+](=O)[O-])cc2)cc(Cl)c1OC. The first-order chi connectivity index (χ1) is 12.9. The third-order valence-electron chi connectivity index (χ3n) is 3.58. The van der Waals surface area contributed by atoms with Crippen LogP contribution in [0.2, 0.25) is 5.02 Å². The Morgan fingerprint density at radius 3 is 2.59 bits per heavy atom. The van der Waals surface area contributed by atoms with Gasteiger partial charge in [0.15, 0.2) is 11.5 Å². The lowest BCUT2D eigenvalue weighted by Gasteiger charge is -2.11. The number of nitrogens with one attached hydrogen (secondary N) is 1. The van der Waals surface area contributed by atoms with Crippen LogP contribution in [0.25, 0.3) is 6.08 Å². The minimum absolute atomic E-state index is 0.00598. The molecule has 0 saturated heterocycles. The lowest BCUT2D eigenvalue weighted by atomic mass is 10.1. The Hall–Kier alpha value is -3.06. The summed E-state index contributed by atoms with van der Waals surface area (Å²) < 4.78 is 10.7. The predicted molar refractivity (Wildman–Crippen MR) is 103 cm³/mol. The number of methoxy groups -OCH3 is 1. The standard InChI is InChI=1S/C19H19ClN2O5/c1-3-27-17-11-14(10-16(20)19(17)26-2)6-9-18(23)21-12-13-4-7-15(8-5-13)22(24)25/h4-11H,3,12H2,1-2H3,(H,21,23)/b9-6+. The fraction of sp³-hybridized carbons (Fsp3) is 0.211. The van der Waals surface area contributed by atoms with E-state index in [-0.39, 0.29) is 18.1 Å². The molecule has 27 heavy (non-hydrogen) atoms. The molecule has 0 fully saturated rings. The van der Waals surface area contributed by atoms with Gasteiger partial charge >= 0.3 is 0 Å². The normalized spacial score (nSPS) is 10.6. The van der Waals surface area contributed by atoms with Crippen LogP contribution in [-0.4, -0.2) is 24.5 Å². The van der Waals surface area contributed by atoms with Gasteiger partial charge in [0.25, 0.3) is 5.69 Å². The molecule has 1 amide bonds. The molecule has 0 saturated carbocycles. The minimum Gasteiger partial charge on any atom is -0.491 e. The number of nitro benzene ring substituents is 1. The summed E-state index contributed by atoms with van der Waals surface area (Å²) in [7, 11) is 1.50. The van der Waals surface area contributed by atoms with Crippen molar-refractivity contribution in [3.63, 3.8) is 0 Å². The summed E-state index contributed by atoms with van der Waals surface area (Å²) in [5.74, 6) is 0.634. The molecule has 0 radical (unpaired) electrons. The van der Waals surface area contributed by atoms with Crippen molar-refractivity contribution < 1.29 is 19.2 Å². The summed E-state index contributed by atoms with van der Waals surface area (Å²) >= 11 is 6.17. The molecule has 0 aliphatic carbocycles. The van der Waals surface area contributed by atoms with Crippen molar-refractivity contribution in [2.24, 2.45) is 0 Å². The van der Waals surface area contributed by atoms with Gasteiger partial charge in [0.05, 0.1) is 23.7 Å². The number of hydrogen-bond donors (Lipinski definition) is 1. The molecule has 2 aromatic carbocycles. The summed E-state index contributed by atoms with van der Waals surface area (Å²) in [4.78, 5) is 22.1. The van der Waals surface area contributed by atoms with E-state index in [0.717, 1.165) is 5.56 Å². The maximum atomic E-state index is 12.0. The average molecular weight is 391 g/mol. The van der Waals surface area contributed by atoms with E-state index in [1.54, 1.807) is 30.3 Å². The zero-order chi connectivity index (χ0) is 19.8. The monoisotopic (exact) mass is 390 g/mol. The third kappa shape index (κ3) is 5.72. The van der Waals surface area contributed by atoms with Crippen LogP contribution in [0.5, 0.6) is 11.5 Å². The van der Waals surface area contributed by atoms with Gasteiger partial charge in [0.2, 0.25) is 5.91 Å². The van der Waals surface area contributed by atoms with E-state index in [4.69, 9.17) is 21.1 Å². The molecule has 0 unspecified atom stereocenters. The molecule has 2 rings (SSSR count). The van der Waals surface area contributed by atoms with Crippen LogP contribution in [0.3, 0.4) is 0 Å². The van der Waals surface area contributed by atoms with Crippen LogP contribution in [-0.2, 0) is 11.3 Å². The number of hydrogen-bond acceptors (Lipinski definition) is 5. The Morgan fingerprint density at radius 2 is 2.00 bits per heavy atom. The maximum Gasteiger partial charge on any atom is 0.269 e. The van der Waals surface area contributed by atoms with Gasteiger partial charge in [0.1, 0.15) is 0 Å². The molecule has 0 atom stereocenters. The van der Waals surface area contributed by atoms with Gasteiger partial charge in [-0.05, 0) is 36.3 Å². The largest absolute Gasteiger partial charge is 0.491 e. The number of carbonyl (C=O) groups is 1. The Balaban J connectivity index is 2.00. The second kappa shape index (κ2) is 9.59. The topological polar surface area (TPSA) is 90.7 Å². The smallest absolute Gasteiger partial charge is 0.269 e. The van der Waals surface area contributed by atoms with Crippen LogP contribution >= 0.6 is 11.6 Å². The molecule has 7 nitrogen and oxygen atoms in total. The van der Waals surface area contributed by atoms with Crippen LogP contribution in [0.1, 0.15) is 18.1 Å². The number of ether oxygens (including phenoxy) is 2. The van der Waals surface area contributed by atoms with Crippen LogP contribution in [0.15, 0.2) is 42.5 Å². The lowest BCUT2D eigenvalue weighted by molar-refractivity contribution is -0.384. The second-order valence-corrected chi connectivity index (χ2v) is 5.85. The van der Waals surface area contributed by atoms with Gasteiger partial charge < -0.3 is 14.8 Å². The van der Waals surface area contributed by atoms with Crippen molar-refractivity contribution >= 4 is 29.3 Å². The molecular weight excluding hydrogens is 372 g/mol. The highest BCUT2D eigenvalue weighted by molar-refractivity contribution is 6.32. The number of nitro groups is 1. The molecular formula is C19H19ClN2O5. The molecule has 0 aliphatic heterocycles. The van der Waals surface area contributed by atoms with Crippen LogP contribution in [0, 0.1) is 10.1 Å². The predicted octanol–water partition coefficient (Wildman–Crippen LogP) is 3.99. The van der Waals surface area contributed by atoms with E-state index in [2.05, 4.69) is 5.32 Å². The number of benzene rings is 2. The lowest BCUT2D eigenvalue weighted by Crippen LogP contribution is -2.20. The van der Waals surface area contributed by atoms with E-state index in [1.165, 1.54) is 25.3 Å². The van der Waals surface area contributed by atoms with Gasteiger partial charge in [-0.3, -0.25) is 14.9 Å². The zero-order valence-electron chi connectivity index (χ0n) is 14.9. The summed E-state index contributed by atoms with van der Waals surface area (Å²) in [6.45, 7) is 2.56. The second-order valence-electron chi connectivity index (χ2n) is 5.44. The van der Waals surface area contributed by atoms with Crippen LogP contribution in [0.4, 0.5) is 5.69 Å². The Morgan fingerprint density at radius 1 is 1.30 bits per heavy atom. The first-order valence-electron chi connectivity index (χ1n) is 8.14. The average Bonchev–Trinajstić information content (AvgIpc) is 2.65. The number of rotatable bonds is 8. The van der Waals surface area contributed by atoms with Crippen molar-refractivity contribution in [3.8, 4) is 11.5 Å². The van der Waals surface area contributed by atoms with Gasteiger partial charge in [-0.2, -0.15) is 0 Å². The molecule has 0 bridgehead atoms. The van der Waals surface area contributed by atoms with Gasteiger partial charge in [0, 0.05) is 24.8 Å². The van der Waals surface area contributed by atoms with Gasteiger partial charge in [-0.15, -0.1) is 0 Å². The van der Waals surface area contributed by atoms with Crippen LogP contribution < -0.4 is 14.8 Å². The Labute approximate surface area is 161 Å². The third-order valence-corrected chi connectivity index (χ3v) is 3.86. The fourth-order valence-corrected chi connectivity index (χ4v) is 2.60. The summed E-state index contributed by atoms with van der Waals surface area (Å²) in [6.07, 6.45) is 2.98. The minimum atomic E-state index is -0.471. The number of nitrogens with zero attached hydrogens (tertiary/aromatic N) is 1. The highest BCUT2D eigenvalue weighted by atomic mass is 35.5. The summed E-state index contributed by atoms with van der Waals surface area (Å²) in [6, 6.07) is 9.38. The first kappa shape index (κ1) is 20.3. The number of carbonyl (C=O) groups excluding carboxylic acids is 1. The molecule has 0 aliphatic rings. The zero-order valence-corrected chi connectivity index (χ0v) is 15.7. The van der Waals surface area contributed by atoms with E-state index in [9.17, 15) is 14.9 Å². The highest BCUT2D eigenvalue weighted by Crippen LogP contribution is 2.36. The van der Waals surface area contributed by atoms with Crippen molar-refractivity contribution in [3.05, 3.63) is 68.7 Å². The maximum absolute atomic E-state index is 12.0. The van der Waals surface area contributed by atoms with Gasteiger partial charge in [-0.1, -0.05) is 23.7 Å². The molecule has 0 spiro atoms. The number of amides is 1. The van der Waals surface area contributed by atoms with E-state index >= 15 is 0 Å². The number of non-ortho nitro benzene ring substituents is 1.